The fraction of sp³-hybridized carbons (Fsp3) is 0.400. The smallest absolute Gasteiger partial charge is 0.336 e. The molecule has 0 amide bonds. The molecule has 0 saturated carbocycles. The lowest BCUT2D eigenvalue weighted by Gasteiger charge is -2.39. The molecule has 7 heteroatoms. The van der Waals surface area contributed by atoms with Gasteiger partial charge >= 0.3 is 5.97 Å². The molecular formula is C30H35NO6. The van der Waals surface area contributed by atoms with E-state index in [1.54, 1.807) is 21.1 Å². The molecule has 1 heterocycles. The van der Waals surface area contributed by atoms with Crippen LogP contribution in [-0.4, -0.2) is 32.6 Å². The van der Waals surface area contributed by atoms with Crippen molar-refractivity contribution >= 4 is 11.8 Å². The van der Waals surface area contributed by atoms with Gasteiger partial charge in [-0.15, -0.1) is 0 Å². The van der Waals surface area contributed by atoms with Gasteiger partial charge in [0.2, 0.25) is 0 Å². The second kappa shape index (κ2) is 10.7. The van der Waals surface area contributed by atoms with Crippen molar-refractivity contribution in [1.82, 2.24) is 5.32 Å². The summed E-state index contributed by atoms with van der Waals surface area (Å²) >= 11 is 0. The van der Waals surface area contributed by atoms with E-state index >= 15 is 0 Å². The standard InChI is InChI=1S/C30H35NO6/c1-7-36-29(33)26-18(2)31-23-15-30(3,4)16-24(32)28(23)27(26)19-8-9-20(25(14-19)35-6)17-37-22-12-10-21(34-5)11-13-22/h8-14,27,31H,7,15-17H2,1-6H3. The van der Waals surface area contributed by atoms with Crippen molar-refractivity contribution < 1.29 is 28.5 Å². The fourth-order valence-electron chi connectivity index (χ4n) is 5.14. The van der Waals surface area contributed by atoms with Gasteiger partial charge in [-0.1, -0.05) is 26.0 Å². The Hall–Kier alpha value is -3.74. The first-order valence-corrected chi connectivity index (χ1v) is 12.5. The van der Waals surface area contributed by atoms with Crippen molar-refractivity contribution in [3.8, 4) is 17.2 Å². The van der Waals surface area contributed by atoms with Crippen LogP contribution in [0.15, 0.2) is 65.0 Å². The van der Waals surface area contributed by atoms with Crippen LogP contribution in [0.2, 0.25) is 0 Å². The minimum Gasteiger partial charge on any atom is -0.497 e. The van der Waals surface area contributed by atoms with E-state index < -0.39 is 11.9 Å². The van der Waals surface area contributed by atoms with Gasteiger partial charge in [0.25, 0.3) is 0 Å². The Morgan fingerprint density at radius 3 is 2.38 bits per heavy atom. The molecule has 4 rings (SSSR count). The predicted molar refractivity (Wildman–Crippen MR) is 141 cm³/mol. The van der Waals surface area contributed by atoms with Crippen LogP contribution in [0.1, 0.15) is 57.6 Å². The summed E-state index contributed by atoms with van der Waals surface area (Å²) in [5.74, 6) is 1.17. The van der Waals surface area contributed by atoms with Gasteiger partial charge in [-0.25, -0.2) is 4.79 Å². The van der Waals surface area contributed by atoms with Gasteiger partial charge in [-0.2, -0.15) is 0 Å². The zero-order valence-corrected chi connectivity index (χ0v) is 22.4. The molecule has 0 spiro atoms. The summed E-state index contributed by atoms with van der Waals surface area (Å²) in [6, 6.07) is 13.1. The van der Waals surface area contributed by atoms with Crippen molar-refractivity contribution in [2.75, 3.05) is 20.8 Å². The first kappa shape index (κ1) is 26.3. The van der Waals surface area contributed by atoms with Gasteiger partial charge in [0.1, 0.15) is 23.9 Å². The minimum absolute atomic E-state index is 0.0453. The molecule has 37 heavy (non-hydrogen) atoms. The van der Waals surface area contributed by atoms with E-state index in [2.05, 4.69) is 19.2 Å². The average molecular weight is 506 g/mol. The highest BCUT2D eigenvalue weighted by molar-refractivity contribution is 6.04. The average Bonchev–Trinajstić information content (AvgIpc) is 2.86. The van der Waals surface area contributed by atoms with E-state index in [-0.39, 0.29) is 17.8 Å². The molecule has 1 unspecified atom stereocenters. The maximum Gasteiger partial charge on any atom is 0.336 e. The van der Waals surface area contributed by atoms with Crippen LogP contribution in [0.25, 0.3) is 0 Å². The summed E-state index contributed by atoms with van der Waals surface area (Å²) in [5.41, 5.74) is 4.17. The lowest BCUT2D eigenvalue weighted by molar-refractivity contribution is -0.138. The van der Waals surface area contributed by atoms with Crippen LogP contribution in [0.4, 0.5) is 0 Å². The molecule has 2 aromatic carbocycles. The van der Waals surface area contributed by atoms with E-state index in [0.717, 1.165) is 29.0 Å². The second-order valence-electron chi connectivity index (χ2n) is 10.2. The van der Waals surface area contributed by atoms with Crippen molar-refractivity contribution in [1.29, 1.82) is 0 Å². The van der Waals surface area contributed by atoms with E-state index in [9.17, 15) is 9.59 Å². The number of carbonyl (C=O) groups excluding carboxylic acids is 2. The highest BCUT2D eigenvalue weighted by Crippen LogP contribution is 2.47. The molecule has 0 aromatic heterocycles. The summed E-state index contributed by atoms with van der Waals surface area (Å²) < 4.78 is 22.3. The highest BCUT2D eigenvalue weighted by atomic mass is 16.5. The Kier molecular flexibility index (Phi) is 7.62. The summed E-state index contributed by atoms with van der Waals surface area (Å²) in [6.45, 7) is 8.36. The van der Waals surface area contributed by atoms with E-state index in [1.165, 1.54) is 0 Å². The van der Waals surface area contributed by atoms with Crippen LogP contribution in [0.5, 0.6) is 17.2 Å². The quantitative estimate of drug-likeness (QED) is 0.478. The number of ketones is 1. The molecule has 1 N–H and O–H groups in total. The molecule has 0 radical (unpaired) electrons. The Balaban J connectivity index is 1.71. The predicted octanol–water partition coefficient (Wildman–Crippen LogP) is 5.45. The molecule has 7 nitrogen and oxygen atoms in total. The Morgan fingerprint density at radius 1 is 1.03 bits per heavy atom. The molecular weight excluding hydrogens is 470 g/mol. The Bertz CT molecular complexity index is 1260. The van der Waals surface area contributed by atoms with E-state index in [1.807, 2.05) is 49.4 Å². The number of rotatable bonds is 8. The van der Waals surface area contributed by atoms with Gasteiger partial charge in [0.05, 0.1) is 26.4 Å². The summed E-state index contributed by atoms with van der Waals surface area (Å²) in [7, 11) is 3.22. The number of hydrogen-bond acceptors (Lipinski definition) is 7. The third kappa shape index (κ3) is 5.50. The topological polar surface area (TPSA) is 83.1 Å². The molecule has 196 valence electrons. The van der Waals surface area contributed by atoms with Gasteiger partial charge in [0, 0.05) is 34.9 Å². The van der Waals surface area contributed by atoms with Crippen molar-refractivity contribution in [3.05, 3.63) is 76.1 Å². The number of carbonyl (C=O) groups is 2. The molecule has 1 atom stereocenters. The second-order valence-corrected chi connectivity index (χ2v) is 10.2. The van der Waals surface area contributed by atoms with Crippen molar-refractivity contribution in [2.45, 2.75) is 53.1 Å². The molecule has 1 aliphatic carbocycles. The number of nitrogens with one attached hydrogen (secondary N) is 1. The Morgan fingerprint density at radius 2 is 1.73 bits per heavy atom. The lowest BCUT2D eigenvalue weighted by Crippen LogP contribution is -2.38. The van der Waals surface area contributed by atoms with Gasteiger partial charge in [-0.05, 0) is 61.6 Å². The fourth-order valence-corrected chi connectivity index (χ4v) is 5.14. The van der Waals surface area contributed by atoms with Crippen molar-refractivity contribution in [3.63, 3.8) is 0 Å². The van der Waals surface area contributed by atoms with Gasteiger partial charge < -0.3 is 24.3 Å². The third-order valence-corrected chi connectivity index (χ3v) is 6.83. The monoisotopic (exact) mass is 505 g/mol. The highest BCUT2D eigenvalue weighted by Gasteiger charge is 2.43. The zero-order valence-electron chi connectivity index (χ0n) is 22.4. The van der Waals surface area contributed by atoms with Crippen LogP contribution in [-0.2, 0) is 20.9 Å². The number of allylic oxidation sites excluding steroid dienone is 3. The SMILES string of the molecule is CCOC(=O)C1=C(C)NC2=C(C(=O)CC(C)(C)C2)C1c1ccc(COc2ccc(OC)cc2)c(OC)c1. The molecule has 2 aromatic rings. The molecule has 1 aliphatic heterocycles. The van der Waals surface area contributed by atoms with Gasteiger partial charge in [-0.3, -0.25) is 4.79 Å². The lowest BCUT2D eigenvalue weighted by atomic mass is 9.68. The van der Waals surface area contributed by atoms with Crippen LogP contribution in [0, 0.1) is 5.41 Å². The molecule has 0 saturated heterocycles. The number of benzene rings is 2. The van der Waals surface area contributed by atoms with Crippen molar-refractivity contribution in [2.24, 2.45) is 5.41 Å². The summed E-state index contributed by atoms with van der Waals surface area (Å²) in [5, 5.41) is 3.36. The minimum atomic E-state index is -0.538. The van der Waals surface area contributed by atoms with E-state index in [0.29, 0.717) is 41.4 Å². The normalized spacial score (nSPS) is 18.6. The Labute approximate surface area is 218 Å². The zero-order chi connectivity index (χ0) is 26.7. The number of ether oxygens (including phenoxy) is 4. The first-order valence-electron chi connectivity index (χ1n) is 12.5. The maximum atomic E-state index is 13.5. The number of esters is 1. The summed E-state index contributed by atoms with van der Waals surface area (Å²) in [6.07, 6.45) is 1.15. The molecule has 0 fully saturated rings. The number of Topliss-reactive ketones (excluding diaryl/α,β-unsaturated/α-hetero) is 1. The van der Waals surface area contributed by atoms with Crippen LogP contribution >= 0.6 is 0 Å². The summed E-state index contributed by atoms with van der Waals surface area (Å²) in [4.78, 5) is 26.6. The number of hydrogen-bond donors (Lipinski definition) is 1. The van der Waals surface area contributed by atoms with Gasteiger partial charge in [0.15, 0.2) is 5.78 Å². The van der Waals surface area contributed by atoms with Crippen LogP contribution in [0.3, 0.4) is 0 Å². The molecule has 2 aliphatic rings. The van der Waals surface area contributed by atoms with E-state index in [4.69, 9.17) is 18.9 Å². The largest absolute Gasteiger partial charge is 0.497 e. The molecule has 0 bridgehead atoms. The maximum absolute atomic E-state index is 13.5. The third-order valence-electron chi connectivity index (χ3n) is 6.83. The number of dihydropyridines is 1. The first-order chi connectivity index (χ1) is 17.7. The number of methoxy groups -OCH3 is 2. The van der Waals surface area contributed by atoms with Crippen LogP contribution < -0.4 is 19.5 Å².